The highest BCUT2D eigenvalue weighted by atomic mass is 35.5. The summed E-state index contributed by atoms with van der Waals surface area (Å²) < 4.78 is 11.4. The number of nitrogens with zero attached hydrogens (tertiary/aromatic N) is 2. The molecule has 39 heavy (non-hydrogen) atoms. The number of H-pyrrole nitrogens is 2. The van der Waals surface area contributed by atoms with Gasteiger partial charge in [-0.1, -0.05) is 12.1 Å². The molecule has 2 heterocycles. The summed E-state index contributed by atoms with van der Waals surface area (Å²) >= 11 is 0. The first-order chi connectivity index (χ1) is 17.8. The Balaban J connectivity index is 0.00000267. The number of rotatable bonds is 12. The van der Waals surface area contributed by atoms with Gasteiger partial charge >= 0.3 is 11.9 Å². The molecule has 2 aromatic carbocycles. The largest absolute Gasteiger partial charge is 0.426 e. The Kier molecular flexibility index (Phi) is 12.3. The van der Waals surface area contributed by atoms with Crippen LogP contribution in [0.25, 0.3) is 21.8 Å². The summed E-state index contributed by atoms with van der Waals surface area (Å²) in [5.74, 6) is 0.367. The Morgan fingerprint density at radius 2 is 1.10 bits per heavy atom. The van der Waals surface area contributed by atoms with Crippen LogP contribution >= 0.6 is 24.8 Å². The second-order valence-electron chi connectivity index (χ2n) is 9.89. The van der Waals surface area contributed by atoms with Crippen molar-refractivity contribution in [1.82, 2.24) is 19.8 Å². The van der Waals surface area contributed by atoms with Crippen LogP contribution in [0.15, 0.2) is 48.8 Å². The highest BCUT2D eigenvalue weighted by Crippen LogP contribution is 2.31. The number of hydrogen-bond acceptors (Lipinski definition) is 6. The smallest absolute Gasteiger partial charge is 0.311 e. The first-order valence-corrected chi connectivity index (χ1v) is 12.7. The van der Waals surface area contributed by atoms with Gasteiger partial charge in [0.1, 0.15) is 11.5 Å². The van der Waals surface area contributed by atoms with Gasteiger partial charge in [-0.2, -0.15) is 0 Å². The molecule has 2 N–H and O–H groups in total. The van der Waals surface area contributed by atoms with Crippen LogP contribution < -0.4 is 9.47 Å². The Morgan fingerprint density at radius 3 is 1.49 bits per heavy atom. The molecule has 4 aromatic rings. The Labute approximate surface area is 241 Å². The van der Waals surface area contributed by atoms with Crippen molar-refractivity contribution < 1.29 is 19.1 Å². The molecule has 212 valence electrons. The molecule has 0 saturated carbocycles. The van der Waals surface area contributed by atoms with E-state index in [1.165, 1.54) is 0 Å². The van der Waals surface area contributed by atoms with Crippen LogP contribution in [0.2, 0.25) is 0 Å². The van der Waals surface area contributed by atoms with E-state index in [9.17, 15) is 9.59 Å². The maximum atomic E-state index is 12.6. The van der Waals surface area contributed by atoms with Crippen LogP contribution in [-0.4, -0.2) is 73.0 Å². The Bertz CT molecular complexity index is 1280. The van der Waals surface area contributed by atoms with Crippen LogP contribution in [-0.2, 0) is 22.4 Å². The number of hydrogen-bond donors (Lipinski definition) is 2. The van der Waals surface area contributed by atoms with Crippen molar-refractivity contribution >= 4 is 58.6 Å². The van der Waals surface area contributed by atoms with Crippen LogP contribution in [0.5, 0.6) is 11.5 Å². The molecule has 0 spiro atoms. The van der Waals surface area contributed by atoms with Crippen molar-refractivity contribution in [3.8, 4) is 11.5 Å². The lowest BCUT2D eigenvalue weighted by molar-refractivity contribution is -0.135. The lowest BCUT2D eigenvalue weighted by Gasteiger charge is -2.11. The fourth-order valence-corrected chi connectivity index (χ4v) is 4.42. The fourth-order valence-electron chi connectivity index (χ4n) is 4.42. The summed E-state index contributed by atoms with van der Waals surface area (Å²) in [7, 11) is 8.13. The van der Waals surface area contributed by atoms with E-state index in [-0.39, 0.29) is 49.6 Å². The first-order valence-electron chi connectivity index (χ1n) is 12.7. The van der Waals surface area contributed by atoms with Gasteiger partial charge in [0.05, 0.1) is 0 Å². The van der Waals surface area contributed by atoms with Gasteiger partial charge in [-0.15, -0.1) is 24.8 Å². The van der Waals surface area contributed by atoms with E-state index >= 15 is 0 Å². The SMILES string of the molecule is CN(C)CCc1c[nH]c2cccc(OC(=O)CCCC(=O)Oc3cccc4[nH]cc(CCN(C)C)c34)c12.Cl.Cl. The molecule has 4 rings (SSSR count). The van der Waals surface area contributed by atoms with Crippen molar-refractivity contribution in [3.63, 3.8) is 0 Å². The molecule has 0 fully saturated rings. The standard InChI is InChI=1S/C29H36N4O4.2ClH/c1-32(2)16-14-20-18-30-22-8-5-10-24(28(20)22)36-26(34)12-7-13-27(35)37-25-11-6-9-23-29(25)21(19-31-23)15-17-33(3)4;;/h5-6,8-11,18-19,30-31H,7,12-17H2,1-4H3;2*1H. The van der Waals surface area contributed by atoms with Gasteiger partial charge in [-0.25, -0.2) is 0 Å². The highest BCUT2D eigenvalue weighted by Gasteiger charge is 2.16. The van der Waals surface area contributed by atoms with Crippen LogP contribution in [0, 0.1) is 0 Å². The number of carbonyl (C=O) groups is 2. The van der Waals surface area contributed by atoms with E-state index in [4.69, 9.17) is 9.47 Å². The maximum absolute atomic E-state index is 12.6. The molecule has 0 unspecified atom stereocenters. The predicted octanol–water partition coefficient (Wildman–Crippen LogP) is 5.38. The second-order valence-corrected chi connectivity index (χ2v) is 9.89. The van der Waals surface area contributed by atoms with Crippen LogP contribution in [0.3, 0.4) is 0 Å². The van der Waals surface area contributed by atoms with Gasteiger partial charge in [0.15, 0.2) is 0 Å². The number of esters is 2. The topological polar surface area (TPSA) is 90.7 Å². The van der Waals surface area contributed by atoms with Gasteiger partial charge in [-0.3, -0.25) is 9.59 Å². The summed E-state index contributed by atoms with van der Waals surface area (Å²) in [5.41, 5.74) is 4.09. The number of aromatic amines is 2. The minimum atomic E-state index is -0.362. The first kappa shape index (κ1) is 32.2. The summed E-state index contributed by atoms with van der Waals surface area (Å²) in [5, 5.41) is 1.86. The molecular formula is C29H38Cl2N4O4. The zero-order valence-electron chi connectivity index (χ0n) is 22.9. The zero-order valence-corrected chi connectivity index (χ0v) is 24.5. The Morgan fingerprint density at radius 1 is 0.692 bits per heavy atom. The fraction of sp³-hybridized carbons (Fsp3) is 0.379. The highest BCUT2D eigenvalue weighted by molar-refractivity contribution is 5.92. The molecule has 8 nitrogen and oxygen atoms in total. The van der Waals surface area contributed by atoms with Gasteiger partial charge in [-0.05, 0) is 82.8 Å². The molecule has 0 amide bonds. The predicted molar refractivity (Wildman–Crippen MR) is 161 cm³/mol. The van der Waals surface area contributed by atoms with Gasteiger partial charge in [0.2, 0.25) is 0 Å². The second kappa shape index (κ2) is 14.9. The van der Waals surface area contributed by atoms with E-state index in [0.717, 1.165) is 58.9 Å². The van der Waals surface area contributed by atoms with Gasteiger partial charge in [0, 0.05) is 60.1 Å². The molecule has 2 aromatic heterocycles. The number of halogens is 2. The number of ether oxygens (including phenoxy) is 2. The van der Waals surface area contributed by atoms with Crippen molar-refractivity contribution in [1.29, 1.82) is 0 Å². The van der Waals surface area contributed by atoms with Gasteiger partial charge < -0.3 is 29.2 Å². The van der Waals surface area contributed by atoms with Crippen molar-refractivity contribution in [2.24, 2.45) is 0 Å². The minimum absolute atomic E-state index is 0. The van der Waals surface area contributed by atoms with Crippen molar-refractivity contribution in [3.05, 3.63) is 59.9 Å². The van der Waals surface area contributed by atoms with E-state index in [1.807, 2.05) is 77.0 Å². The molecule has 0 bridgehead atoms. The molecule has 0 aliphatic heterocycles. The van der Waals surface area contributed by atoms with Crippen molar-refractivity contribution in [2.75, 3.05) is 41.3 Å². The van der Waals surface area contributed by atoms with E-state index in [1.54, 1.807) is 0 Å². The number of aromatic nitrogens is 2. The average molecular weight is 578 g/mol. The summed E-state index contributed by atoms with van der Waals surface area (Å²) in [6.45, 7) is 1.79. The number of fused-ring (bicyclic) bond motifs is 2. The molecular weight excluding hydrogens is 539 g/mol. The van der Waals surface area contributed by atoms with Gasteiger partial charge in [0.25, 0.3) is 0 Å². The van der Waals surface area contributed by atoms with Crippen LogP contribution in [0.1, 0.15) is 30.4 Å². The molecule has 0 saturated heterocycles. The molecule has 10 heteroatoms. The summed E-state index contributed by atoms with van der Waals surface area (Å²) in [6, 6.07) is 11.3. The molecule has 0 atom stereocenters. The summed E-state index contributed by atoms with van der Waals surface area (Å²) in [4.78, 5) is 36.0. The third-order valence-electron chi connectivity index (χ3n) is 6.36. The number of nitrogens with one attached hydrogen (secondary N) is 2. The zero-order chi connectivity index (χ0) is 26.4. The third-order valence-corrected chi connectivity index (χ3v) is 6.36. The summed E-state index contributed by atoms with van der Waals surface area (Å²) in [6.07, 6.45) is 6.24. The number of carbonyl (C=O) groups excluding carboxylic acids is 2. The molecule has 0 aliphatic carbocycles. The lowest BCUT2D eigenvalue weighted by Crippen LogP contribution is -2.15. The molecule has 0 radical (unpaired) electrons. The average Bonchev–Trinajstić information content (AvgIpc) is 3.46. The Hall–Kier alpha value is -3.04. The monoisotopic (exact) mass is 576 g/mol. The van der Waals surface area contributed by atoms with E-state index in [0.29, 0.717) is 17.9 Å². The third kappa shape index (κ3) is 8.47. The minimum Gasteiger partial charge on any atom is -0.426 e. The number of likely N-dealkylation sites (N-methyl/N-ethyl adjacent to an activating group) is 2. The van der Waals surface area contributed by atoms with Crippen LogP contribution in [0.4, 0.5) is 0 Å². The lowest BCUT2D eigenvalue weighted by atomic mass is 10.1. The van der Waals surface area contributed by atoms with E-state index < -0.39 is 0 Å². The quantitative estimate of drug-likeness (QED) is 0.174. The number of benzene rings is 2. The van der Waals surface area contributed by atoms with Crippen molar-refractivity contribution in [2.45, 2.75) is 32.1 Å². The maximum Gasteiger partial charge on any atom is 0.311 e. The normalized spacial score (nSPS) is 11.0. The molecule has 0 aliphatic rings. The van der Waals surface area contributed by atoms with E-state index in [2.05, 4.69) is 19.8 Å².